The van der Waals surface area contributed by atoms with Gasteiger partial charge in [-0.3, -0.25) is 14.4 Å². The monoisotopic (exact) mass is 341 g/mol. The minimum Gasteiger partial charge on any atom is -0.480 e. The van der Waals surface area contributed by atoms with E-state index < -0.39 is 30.0 Å². The summed E-state index contributed by atoms with van der Waals surface area (Å²) in [5.74, 6) is -2.11. The van der Waals surface area contributed by atoms with Gasteiger partial charge in [-0.15, -0.1) is 0 Å². The maximum atomic E-state index is 12.3. The predicted octanol–water partition coefficient (Wildman–Crippen LogP) is 0.118. The first-order valence-electron chi connectivity index (χ1n) is 8.24. The van der Waals surface area contributed by atoms with Crippen LogP contribution in [0.3, 0.4) is 0 Å². The summed E-state index contributed by atoms with van der Waals surface area (Å²) >= 11 is 0. The number of hydrogen-bond acceptors (Lipinski definition) is 4. The molecule has 0 bridgehead atoms. The van der Waals surface area contributed by atoms with Crippen LogP contribution >= 0.6 is 0 Å². The number of aliphatic carboxylic acids is 1. The lowest BCUT2D eigenvalue weighted by Gasteiger charge is -2.25. The topological polar surface area (TPSA) is 116 Å². The summed E-state index contributed by atoms with van der Waals surface area (Å²) in [7, 11) is 0. The lowest BCUT2D eigenvalue weighted by Crippen LogP contribution is -2.54. The van der Waals surface area contributed by atoms with E-state index in [-0.39, 0.29) is 17.7 Å². The number of carboxylic acid groups (broad SMARTS) is 1. The third-order valence-corrected chi connectivity index (χ3v) is 4.03. The Morgan fingerprint density at radius 3 is 2.29 bits per heavy atom. The molecular weight excluding hydrogens is 314 g/mol. The average Bonchev–Trinajstić information content (AvgIpc) is 2.95. The van der Waals surface area contributed by atoms with Gasteiger partial charge in [0.2, 0.25) is 17.7 Å². The highest BCUT2D eigenvalue weighted by Crippen LogP contribution is 2.17. The summed E-state index contributed by atoms with van der Waals surface area (Å²) < 4.78 is 0. The summed E-state index contributed by atoms with van der Waals surface area (Å²) in [4.78, 5) is 48.6. The van der Waals surface area contributed by atoms with E-state index in [2.05, 4.69) is 10.6 Å². The van der Waals surface area contributed by atoms with E-state index in [1.54, 1.807) is 0 Å². The van der Waals surface area contributed by atoms with Gasteiger partial charge in [-0.25, -0.2) is 4.79 Å². The van der Waals surface area contributed by atoms with Crippen LogP contribution < -0.4 is 10.6 Å². The smallest absolute Gasteiger partial charge is 0.326 e. The van der Waals surface area contributed by atoms with Crippen molar-refractivity contribution in [2.24, 2.45) is 5.92 Å². The third kappa shape index (κ3) is 5.50. The molecule has 0 aromatic heterocycles. The fourth-order valence-electron chi connectivity index (χ4n) is 2.78. The molecule has 1 aliphatic rings. The van der Waals surface area contributed by atoms with Crippen molar-refractivity contribution in [3.8, 4) is 0 Å². The molecule has 1 aliphatic heterocycles. The van der Waals surface area contributed by atoms with Crippen molar-refractivity contribution in [1.82, 2.24) is 15.5 Å². The lowest BCUT2D eigenvalue weighted by molar-refractivity contribution is -0.143. The van der Waals surface area contributed by atoms with Crippen molar-refractivity contribution < 1.29 is 24.3 Å². The molecule has 8 nitrogen and oxygen atoms in total. The number of hydrogen-bond donors (Lipinski definition) is 3. The quantitative estimate of drug-likeness (QED) is 0.608. The van der Waals surface area contributed by atoms with Crippen LogP contribution in [-0.2, 0) is 19.2 Å². The number of carbonyl (C=O) groups is 4. The Morgan fingerprint density at radius 1 is 1.17 bits per heavy atom. The van der Waals surface area contributed by atoms with Crippen LogP contribution in [0.2, 0.25) is 0 Å². The highest BCUT2D eigenvalue weighted by atomic mass is 16.4. The van der Waals surface area contributed by atoms with E-state index in [1.165, 1.54) is 18.7 Å². The summed E-state index contributed by atoms with van der Waals surface area (Å²) in [5.41, 5.74) is 0. The molecule has 136 valence electrons. The number of nitrogens with one attached hydrogen (secondary N) is 2. The summed E-state index contributed by atoms with van der Waals surface area (Å²) in [6.07, 6.45) is 1.61. The molecule has 3 atom stereocenters. The Bertz CT molecular complexity index is 506. The van der Waals surface area contributed by atoms with Gasteiger partial charge in [-0.1, -0.05) is 13.8 Å². The number of rotatable bonds is 7. The highest BCUT2D eigenvalue weighted by molar-refractivity contribution is 5.93. The van der Waals surface area contributed by atoms with Gasteiger partial charge in [-0.2, -0.15) is 0 Å². The summed E-state index contributed by atoms with van der Waals surface area (Å²) in [6, 6.07) is -2.43. The molecule has 1 fully saturated rings. The normalized spacial score (nSPS) is 19.7. The van der Waals surface area contributed by atoms with Gasteiger partial charge in [0.15, 0.2) is 0 Å². The number of amides is 3. The largest absolute Gasteiger partial charge is 0.480 e. The highest BCUT2D eigenvalue weighted by Gasteiger charge is 2.34. The van der Waals surface area contributed by atoms with E-state index in [4.69, 9.17) is 5.11 Å². The molecule has 1 heterocycles. The molecule has 3 amide bonds. The van der Waals surface area contributed by atoms with Gasteiger partial charge in [0, 0.05) is 13.5 Å². The Balaban J connectivity index is 2.61. The van der Waals surface area contributed by atoms with Crippen LogP contribution in [0.4, 0.5) is 0 Å². The second-order valence-electron chi connectivity index (χ2n) is 6.63. The van der Waals surface area contributed by atoms with Crippen LogP contribution in [0.1, 0.15) is 47.0 Å². The SMILES string of the molecule is CC(=O)N1CCCC1C(=O)NC(C)C(=O)NC(CC(C)C)C(=O)O. The molecule has 0 aromatic carbocycles. The van der Waals surface area contributed by atoms with Crippen molar-refractivity contribution in [1.29, 1.82) is 0 Å². The summed E-state index contributed by atoms with van der Waals surface area (Å²) in [6.45, 7) is 7.16. The maximum absolute atomic E-state index is 12.3. The zero-order valence-corrected chi connectivity index (χ0v) is 14.7. The fraction of sp³-hybridized carbons (Fsp3) is 0.750. The van der Waals surface area contributed by atoms with Crippen molar-refractivity contribution in [2.45, 2.75) is 65.1 Å². The second-order valence-corrected chi connectivity index (χ2v) is 6.63. The van der Waals surface area contributed by atoms with E-state index >= 15 is 0 Å². The van der Waals surface area contributed by atoms with E-state index in [0.717, 1.165) is 6.42 Å². The molecular formula is C16H27N3O5. The van der Waals surface area contributed by atoms with Gasteiger partial charge in [0.05, 0.1) is 0 Å². The van der Waals surface area contributed by atoms with Crippen molar-refractivity contribution in [3.05, 3.63) is 0 Å². The molecule has 0 aromatic rings. The van der Waals surface area contributed by atoms with E-state index in [9.17, 15) is 19.2 Å². The van der Waals surface area contributed by atoms with Gasteiger partial charge >= 0.3 is 5.97 Å². The number of likely N-dealkylation sites (tertiary alicyclic amines) is 1. The molecule has 1 saturated heterocycles. The van der Waals surface area contributed by atoms with Crippen LogP contribution in [0.25, 0.3) is 0 Å². The molecule has 0 spiro atoms. The van der Waals surface area contributed by atoms with Crippen LogP contribution in [0.15, 0.2) is 0 Å². The van der Waals surface area contributed by atoms with Gasteiger partial charge in [-0.05, 0) is 32.1 Å². The molecule has 0 saturated carbocycles. The minimum absolute atomic E-state index is 0.110. The third-order valence-electron chi connectivity index (χ3n) is 4.03. The first-order chi connectivity index (χ1) is 11.1. The zero-order valence-electron chi connectivity index (χ0n) is 14.7. The summed E-state index contributed by atoms with van der Waals surface area (Å²) in [5, 5.41) is 14.2. The predicted molar refractivity (Wildman–Crippen MR) is 87.0 cm³/mol. The molecule has 1 rings (SSSR count). The maximum Gasteiger partial charge on any atom is 0.326 e. The Morgan fingerprint density at radius 2 is 1.79 bits per heavy atom. The van der Waals surface area contributed by atoms with Crippen molar-refractivity contribution in [3.63, 3.8) is 0 Å². The number of carbonyl (C=O) groups excluding carboxylic acids is 3. The van der Waals surface area contributed by atoms with E-state index in [1.807, 2.05) is 13.8 Å². The van der Waals surface area contributed by atoms with Crippen LogP contribution in [0.5, 0.6) is 0 Å². The minimum atomic E-state index is -1.10. The van der Waals surface area contributed by atoms with Gasteiger partial charge < -0.3 is 20.6 Å². The molecule has 8 heteroatoms. The molecule has 3 unspecified atom stereocenters. The zero-order chi connectivity index (χ0) is 18.4. The first kappa shape index (κ1) is 19.9. The van der Waals surface area contributed by atoms with Crippen molar-refractivity contribution >= 4 is 23.7 Å². The number of nitrogens with zero attached hydrogens (tertiary/aromatic N) is 1. The molecule has 3 N–H and O–H groups in total. The van der Waals surface area contributed by atoms with Crippen LogP contribution in [0, 0.1) is 5.92 Å². The standard InChI is InChI=1S/C16H27N3O5/c1-9(2)8-12(16(23)24)18-14(21)10(3)17-15(22)13-6-5-7-19(13)11(4)20/h9-10,12-13H,5-8H2,1-4H3,(H,17,22)(H,18,21)(H,23,24). The first-order valence-corrected chi connectivity index (χ1v) is 8.24. The lowest BCUT2D eigenvalue weighted by atomic mass is 10.0. The van der Waals surface area contributed by atoms with Gasteiger partial charge in [0.1, 0.15) is 18.1 Å². The van der Waals surface area contributed by atoms with Gasteiger partial charge in [0.25, 0.3) is 0 Å². The van der Waals surface area contributed by atoms with Crippen molar-refractivity contribution in [2.75, 3.05) is 6.54 Å². The molecule has 0 aliphatic carbocycles. The Hall–Kier alpha value is -2.12. The Kier molecular flexibility index (Phi) is 7.18. The molecule has 0 radical (unpaired) electrons. The average molecular weight is 341 g/mol. The van der Waals surface area contributed by atoms with Crippen LogP contribution in [-0.4, -0.2) is 58.4 Å². The Labute approximate surface area is 142 Å². The fourth-order valence-corrected chi connectivity index (χ4v) is 2.78. The second kappa shape index (κ2) is 8.65. The van der Waals surface area contributed by atoms with E-state index in [0.29, 0.717) is 19.4 Å². The number of carboxylic acids is 1. The molecule has 24 heavy (non-hydrogen) atoms.